The zero-order valence-corrected chi connectivity index (χ0v) is 12.7. The Hall–Kier alpha value is -0.900. The van der Waals surface area contributed by atoms with Crippen molar-refractivity contribution < 1.29 is 4.79 Å². The normalized spacial score (nSPS) is 22.9. The van der Waals surface area contributed by atoms with E-state index in [4.69, 9.17) is 0 Å². The minimum absolute atomic E-state index is 0.0707. The molecule has 0 saturated heterocycles. The van der Waals surface area contributed by atoms with Crippen molar-refractivity contribution in [1.29, 1.82) is 0 Å². The van der Waals surface area contributed by atoms with E-state index < -0.39 is 0 Å². The van der Waals surface area contributed by atoms with Crippen molar-refractivity contribution in [3.8, 4) is 0 Å². The van der Waals surface area contributed by atoms with Crippen molar-refractivity contribution in [2.45, 2.75) is 39.5 Å². The third-order valence-electron chi connectivity index (χ3n) is 3.57. The lowest BCUT2D eigenvalue weighted by Gasteiger charge is -2.17. The van der Waals surface area contributed by atoms with E-state index in [2.05, 4.69) is 44.6 Å². The molecule has 1 aliphatic carbocycles. The molecule has 1 aromatic heterocycles. The molecule has 0 N–H and O–H groups in total. The summed E-state index contributed by atoms with van der Waals surface area (Å²) in [5.74, 6) is 1.65. The van der Waals surface area contributed by atoms with E-state index >= 15 is 0 Å². The minimum Gasteiger partial charge on any atom is -0.351 e. The number of hydrogen-bond acceptors (Lipinski definition) is 4. The summed E-state index contributed by atoms with van der Waals surface area (Å²) in [5.41, 5.74) is 0.854. The van der Waals surface area contributed by atoms with E-state index in [-0.39, 0.29) is 5.41 Å². The summed E-state index contributed by atoms with van der Waals surface area (Å²) in [6.07, 6.45) is 2.26. The Kier molecular flexibility index (Phi) is 3.49. The molecule has 100 valence electrons. The molecule has 1 fully saturated rings. The van der Waals surface area contributed by atoms with Crippen molar-refractivity contribution in [3.05, 3.63) is 10.6 Å². The summed E-state index contributed by atoms with van der Waals surface area (Å²) < 4.78 is 0. The van der Waals surface area contributed by atoms with Crippen LogP contribution in [0.4, 0.5) is 5.13 Å². The highest BCUT2D eigenvalue weighted by Gasteiger charge is 2.34. The molecule has 0 spiro atoms. The first-order valence-electron chi connectivity index (χ1n) is 6.50. The summed E-state index contributed by atoms with van der Waals surface area (Å²) in [5, 5.41) is 0.973. The van der Waals surface area contributed by atoms with Crippen LogP contribution in [0.2, 0.25) is 0 Å². The summed E-state index contributed by atoms with van der Waals surface area (Å²) >= 11 is 1.51. The van der Waals surface area contributed by atoms with Crippen molar-refractivity contribution in [3.63, 3.8) is 0 Å². The summed E-state index contributed by atoms with van der Waals surface area (Å²) in [7, 11) is 2.07. The first kappa shape index (κ1) is 13.5. The van der Waals surface area contributed by atoms with Crippen LogP contribution in [-0.2, 0) is 5.41 Å². The Bertz CT molecular complexity index is 447. The Morgan fingerprint density at radius 1 is 1.50 bits per heavy atom. The number of thiazole rings is 1. The average molecular weight is 266 g/mol. The number of anilines is 1. The minimum atomic E-state index is -0.0707. The number of nitrogens with zero attached hydrogens (tertiary/aromatic N) is 2. The van der Waals surface area contributed by atoms with Gasteiger partial charge in [0.1, 0.15) is 0 Å². The second kappa shape index (κ2) is 4.65. The first-order valence-corrected chi connectivity index (χ1v) is 7.32. The van der Waals surface area contributed by atoms with Crippen LogP contribution in [0.5, 0.6) is 0 Å². The number of aldehydes is 1. The second-order valence-electron chi connectivity index (χ2n) is 6.43. The number of hydrogen-bond donors (Lipinski definition) is 0. The van der Waals surface area contributed by atoms with Gasteiger partial charge < -0.3 is 4.90 Å². The Labute approximate surface area is 113 Å². The van der Waals surface area contributed by atoms with Crippen molar-refractivity contribution in [1.82, 2.24) is 4.98 Å². The maximum atomic E-state index is 11.1. The topological polar surface area (TPSA) is 33.2 Å². The van der Waals surface area contributed by atoms with Crippen LogP contribution >= 0.6 is 11.3 Å². The number of carbonyl (C=O) groups excluding carboxylic acids is 1. The van der Waals surface area contributed by atoms with Crippen LogP contribution in [-0.4, -0.2) is 24.9 Å². The van der Waals surface area contributed by atoms with E-state index in [1.807, 2.05) is 0 Å². The van der Waals surface area contributed by atoms with Crippen LogP contribution in [0, 0.1) is 11.8 Å². The predicted molar refractivity (Wildman–Crippen MR) is 76.7 cm³/mol. The van der Waals surface area contributed by atoms with Crippen molar-refractivity contribution in [2.75, 3.05) is 18.5 Å². The van der Waals surface area contributed by atoms with Gasteiger partial charge in [-0.3, -0.25) is 4.79 Å². The first-order chi connectivity index (χ1) is 8.32. The monoisotopic (exact) mass is 266 g/mol. The van der Waals surface area contributed by atoms with Crippen LogP contribution in [0.25, 0.3) is 0 Å². The maximum Gasteiger partial charge on any atom is 0.185 e. The Morgan fingerprint density at radius 3 is 2.50 bits per heavy atom. The van der Waals surface area contributed by atoms with Gasteiger partial charge in [-0.15, -0.1) is 0 Å². The second-order valence-corrected chi connectivity index (χ2v) is 7.44. The third-order valence-corrected chi connectivity index (χ3v) is 4.67. The van der Waals surface area contributed by atoms with Gasteiger partial charge in [0.15, 0.2) is 11.4 Å². The average Bonchev–Trinajstić information content (AvgIpc) is 2.82. The zero-order chi connectivity index (χ0) is 13.5. The summed E-state index contributed by atoms with van der Waals surface area (Å²) in [6, 6.07) is 0. The third kappa shape index (κ3) is 2.74. The smallest absolute Gasteiger partial charge is 0.185 e. The molecule has 0 bridgehead atoms. The standard InChI is InChI=1S/C14H22N2OS/c1-9-6-10(9)7-16(5)13-15-12(14(2,3)4)11(8-17)18-13/h8-10H,6-7H2,1-5H3. The molecule has 0 amide bonds. The number of aromatic nitrogens is 1. The fourth-order valence-electron chi connectivity index (χ4n) is 2.18. The lowest BCUT2D eigenvalue weighted by atomic mass is 9.91. The van der Waals surface area contributed by atoms with Gasteiger partial charge in [-0.1, -0.05) is 39.0 Å². The van der Waals surface area contributed by atoms with E-state index in [9.17, 15) is 4.79 Å². The summed E-state index contributed by atoms with van der Waals surface area (Å²) in [6.45, 7) is 9.64. The van der Waals surface area contributed by atoms with Gasteiger partial charge in [-0.05, 0) is 18.3 Å². The van der Waals surface area contributed by atoms with E-state index in [1.54, 1.807) is 0 Å². The molecule has 2 unspecified atom stereocenters. The largest absolute Gasteiger partial charge is 0.351 e. The van der Waals surface area contributed by atoms with Gasteiger partial charge in [-0.25, -0.2) is 4.98 Å². The van der Waals surface area contributed by atoms with Gasteiger partial charge in [0.2, 0.25) is 0 Å². The van der Waals surface area contributed by atoms with Gasteiger partial charge >= 0.3 is 0 Å². The van der Waals surface area contributed by atoms with Crippen LogP contribution < -0.4 is 4.90 Å². The highest BCUT2D eigenvalue weighted by molar-refractivity contribution is 7.17. The molecule has 4 heteroatoms. The molecular formula is C14H22N2OS. The molecule has 0 aromatic carbocycles. The molecule has 2 atom stereocenters. The van der Waals surface area contributed by atoms with Gasteiger partial charge in [0, 0.05) is 19.0 Å². The fraction of sp³-hybridized carbons (Fsp3) is 0.714. The van der Waals surface area contributed by atoms with Gasteiger partial charge in [0.25, 0.3) is 0 Å². The van der Waals surface area contributed by atoms with E-state index in [1.165, 1.54) is 17.8 Å². The number of carbonyl (C=O) groups is 1. The Balaban J connectivity index is 2.18. The lowest BCUT2D eigenvalue weighted by Crippen LogP contribution is -2.21. The highest BCUT2D eigenvalue weighted by atomic mass is 32.1. The summed E-state index contributed by atoms with van der Waals surface area (Å²) in [4.78, 5) is 18.8. The van der Waals surface area contributed by atoms with E-state index in [0.29, 0.717) is 0 Å². The lowest BCUT2D eigenvalue weighted by molar-refractivity contribution is 0.112. The molecular weight excluding hydrogens is 244 g/mol. The maximum absolute atomic E-state index is 11.1. The molecule has 1 aliphatic rings. The molecule has 0 radical (unpaired) electrons. The molecule has 18 heavy (non-hydrogen) atoms. The molecule has 1 aromatic rings. The molecule has 3 nitrogen and oxygen atoms in total. The fourth-order valence-corrected chi connectivity index (χ4v) is 3.24. The van der Waals surface area contributed by atoms with E-state index in [0.717, 1.165) is 40.4 Å². The molecule has 1 saturated carbocycles. The van der Waals surface area contributed by atoms with Crippen LogP contribution in [0.3, 0.4) is 0 Å². The van der Waals surface area contributed by atoms with Crippen LogP contribution in [0.1, 0.15) is 49.5 Å². The van der Waals surface area contributed by atoms with Gasteiger partial charge in [0.05, 0.1) is 10.6 Å². The zero-order valence-electron chi connectivity index (χ0n) is 11.9. The highest BCUT2D eigenvalue weighted by Crippen LogP contribution is 2.40. The SMILES string of the molecule is CC1CC1CN(C)c1nc(C(C)(C)C)c(C=O)s1. The van der Waals surface area contributed by atoms with Crippen molar-refractivity contribution >= 4 is 22.8 Å². The molecule has 1 heterocycles. The molecule has 0 aliphatic heterocycles. The predicted octanol–water partition coefficient (Wildman–Crippen LogP) is 3.35. The van der Waals surface area contributed by atoms with Gasteiger partial charge in [-0.2, -0.15) is 0 Å². The van der Waals surface area contributed by atoms with Crippen molar-refractivity contribution in [2.24, 2.45) is 11.8 Å². The molecule has 2 rings (SSSR count). The quantitative estimate of drug-likeness (QED) is 0.784. The number of rotatable bonds is 4. The van der Waals surface area contributed by atoms with Crippen LogP contribution in [0.15, 0.2) is 0 Å². The Morgan fingerprint density at radius 2 is 2.11 bits per heavy atom.